The van der Waals surface area contributed by atoms with E-state index >= 15 is 0 Å². The van der Waals surface area contributed by atoms with Crippen molar-refractivity contribution in [3.8, 4) is 0 Å². The van der Waals surface area contributed by atoms with Gasteiger partial charge in [-0.15, -0.1) is 4.68 Å². The quantitative estimate of drug-likeness (QED) is 0.399. The van der Waals surface area contributed by atoms with Crippen LogP contribution in [0.25, 0.3) is 11.2 Å². The van der Waals surface area contributed by atoms with E-state index in [0.29, 0.717) is 0 Å². The van der Waals surface area contributed by atoms with E-state index in [0.717, 1.165) is 17.8 Å². The number of nitrogens with one attached hydrogen (secondary N) is 1. The molecule has 0 radical (unpaired) electrons. The Balaban J connectivity index is 2.70. The molecule has 0 saturated carbocycles. The van der Waals surface area contributed by atoms with Crippen molar-refractivity contribution in [2.45, 2.75) is 6.67 Å². The number of fused-ring (bicyclic) bond motifs is 3. The summed E-state index contributed by atoms with van der Waals surface area (Å²) in [5, 5.41) is 4.21. The van der Waals surface area contributed by atoms with Gasteiger partial charge in [-0.05, 0) is 5.10 Å². The molecule has 0 spiro atoms. The zero-order valence-electron chi connectivity index (χ0n) is 4.70. The normalized spacial score (nSPS) is 14.2. The fourth-order valence-corrected chi connectivity index (χ4v) is 1.13. The van der Waals surface area contributed by atoms with Gasteiger partial charge in [-0.25, -0.2) is 0 Å². The largest absolute Gasteiger partial charge is 0.291 e. The minimum absolute atomic E-state index is 0.952. The van der Waals surface area contributed by atoms with Crippen LogP contribution < -0.4 is 4.68 Å². The van der Waals surface area contributed by atoms with Gasteiger partial charge in [0.05, 0.1) is 6.20 Å². The van der Waals surface area contributed by atoms with E-state index in [9.17, 15) is 0 Å². The van der Waals surface area contributed by atoms with Gasteiger partial charge in [-0.1, -0.05) is 4.80 Å². The highest BCUT2D eigenvalue weighted by atomic mass is 15.7. The molecule has 1 aliphatic rings. The lowest BCUT2D eigenvalue weighted by Gasteiger charge is -1.62. The van der Waals surface area contributed by atoms with Gasteiger partial charge in [-0.3, -0.25) is 4.98 Å². The summed E-state index contributed by atoms with van der Waals surface area (Å²) in [7, 11) is 0. The monoisotopic (exact) mass is 121 g/mol. The van der Waals surface area contributed by atoms with Gasteiger partial charge in [0.1, 0.15) is 0 Å². The fraction of sp³-hybridized carbons (Fsp3) is 0.200. The van der Waals surface area contributed by atoms with Crippen LogP contribution in [0.4, 0.5) is 0 Å². The third-order valence-corrected chi connectivity index (χ3v) is 1.64. The lowest BCUT2D eigenvalue weighted by atomic mass is 10.6. The zero-order valence-corrected chi connectivity index (χ0v) is 4.70. The summed E-state index contributed by atoms with van der Waals surface area (Å²) in [5.41, 5.74) is 2.19. The predicted molar refractivity (Wildman–Crippen MR) is 29.7 cm³/mol. The van der Waals surface area contributed by atoms with Crippen LogP contribution >= 0.6 is 0 Å². The third kappa shape index (κ3) is 0.284. The number of nitrogens with zero attached hydrogens (tertiary/aromatic N) is 3. The van der Waals surface area contributed by atoms with E-state index in [1.54, 1.807) is 0 Å². The van der Waals surface area contributed by atoms with Crippen LogP contribution in [0.2, 0.25) is 0 Å². The summed E-state index contributed by atoms with van der Waals surface area (Å²) >= 11 is 0. The first-order valence-electron chi connectivity index (χ1n) is 2.89. The Morgan fingerprint density at radius 1 is 1.78 bits per heavy atom. The maximum Gasteiger partial charge on any atom is 0.291 e. The second-order valence-electron chi connectivity index (χ2n) is 2.22. The number of hydrogen-bond donors (Lipinski definition) is 1. The first kappa shape index (κ1) is 3.66. The number of H-pyrrole nitrogens is 1. The van der Waals surface area contributed by atoms with E-state index in [4.69, 9.17) is 0 Å². The number of rotatable bonds is 0. The molecule has 0 atom stereocenters. The second-order valence-corrected chi connectivity index (χ2v) is 2.22. The molecule has 1 aliphatic heterocycles. The molecular formula is C5H5N4+. The Hall–Kier alpha value is -1.32. The van der Waals surface area contributed by atoms with Gasteiger partial charge in [0.2, 0.25) is 12.2 Å². The Labute approximate surface area is 50.7 Å². The molecule has 0 unspecified atom stereocenters. The van der Waals surface area contributed by atoms with Crippen molar-refractivity contribution in [1.29, 1.82) is 0 Å². The summed E-state index contributed by atoms with van der Waals surface area (Å²) in [4.78, 5) is 5.02. The van der Waals surface area contributed by atoms with E-state index in [1.807, 2.05) is 17.1 Å². The first-order chi connectivity index (χ1) is 4.45. The number of aromatic nitrogens is 4. The third-order valence-electron chi connectivity index (χ3n) is 1.64. The molecule has 3 heterocycles. The molecule has 4 nitrogen and oxygen atoms in total. The van der Waals surface area contributed by atoms with Crippen molar-refractivity contribution in [2.24, 2.45) is 0 Å². The molecule has 9 heavy (non-hydrogen) atoms. The molecule has 2 aromatic heterocycles. The minimum Gasteiger partial charge on any atom is -0.275 e. The van der Waals surface area contributed by atoms with Crippen molar-refractivity contribution >= 4 is 11.2 Å². The molecule has 4 heteroatoms. The lowest BCUT2D eigenvalue weighted by molar-refractivity contribution is -0.579. The van der Waals surface area contributed by atoms with E-state index < -0.39 is 0 Å². The minimum atomic E-state index is 0.952. The highest BCUT2D eigenvalue weighted by Gasteiger charge is 2.29. The molecule has 0 amide bonds. The summed E-state index contributed by atoms with van der Waals surface area (Å²) < 4.78 is 2.08. The van der Waals surface area contributed by atoms with Crippen LogP contribution in [-0.2, 0) is 6.67 Å². The lowest BCUT2D eigenvalue weighted by Crippen LogP contribution is -2.10. The maximum atomic E-state index is 4.21. The van der Waals surface area contributed by atoms with Crippen LogP contribution in [0.5, 0.6) is 0 Å². The van der Waals surface area contributed by atoms with Crippen LogP contribution in [-0.4, -0.2) is 14.9 Å². The summed E-state index contributed by atoms with van der Waals surface area (Å²) in [6.07, 6.45) is 1.91. The van der Waals surface area contributed by atoms with Crippen LogP contribution in [0, 0.1) is 0 Å². The fourth-order valence-electron chi connectivity index (χ4n) is 1.13. The van der Waals surface area contributed by atoms with Crippen molar-refractivity contribution in [3.05, 3.63) is 12.3 Å². The highest BCUT2D eigenvalue weighted by Crippen LogP contribution is 2.07. The van der Waals surface area contributed by atoms with Gasteiger partial charge in [0.15, 0.2) is 0 Å². The zero-order chi connectivity index (χ0) is 5.84. The molecule has 44 valence electrons. The smallest absolute Gasteiger partial charge is 0.275 e. The Kier molecular flexibility index (Phi) is 0.356. The molecular weight excluding hydrogens is 116 g/mol. The van der Waals surface area contributed by atoms with Crippen LogP contribution in [0.1, 0.15) is 0 Å². The molecule has 0 bridgehead atoms. The van der Waals surface area contributed by atoms with Gasteiger partial charge in [0, 0.05) is 6.07 Å². The molecule has 1 N–H and O–H groups in total. The summed E-state index contributed by atoms with van der Waals surface area (Å²) in [5.74, 6) is 0. The summed E-state index contributed by atoms with van der Waals surface area (Å²) in [6, 6.07) is 1.97. The second kappa shape index (κ2) is 0.877. The van der Waals surface area contributed by atoms with Gasteiger partial charge in [-0.2, -0.15) is 0 Å². The van der Waals surface area contributed by atoms with Gasteiger partial charge in [0.25, 0.3) is 5.65 Å². The topological polar surface area (TPSA) is 37.5 Å². The van der Waals surface area contributed by atoms with Crippen LogP contribution in [0.3, 0.4) is 0 Å². The number of aromatic amines is 1. The SMILES string of the molecule is c1cc2nn3[n+](c2[nH]1)C3. The van der Waals surface area contributed by atoms with Crippen molar-refractivity contribution < 1.29 is 4.68 Å². The Morgan fingerprint density at radius 3 is 3.67 bits per heavy atom. The molecule has 0 saturated heterocycles. The van der Waals surface area contributed by atoms with Crippen molar-refractivity contribution in [2.75, 3.05) is 0 Å². The average molecular weight is 121 g/mol. The maximum absolute atomic E-state index is 4.21. The van der Waals surface area contributed by atoms with E-state index in [-0.39, 0.29) is 0 Å². The van der Waals surface area contributed by atoms with Gasteiger partial charge < -0.3 is 0 Å². The van der Waals surface area contributed by atoms with E-state index in [1.165, 1.54) is 0 Å². The molecule has 0 aliphatic carbocycles. The first-order valence-corrected chi connectivity index (χ1v) is 2.89. The Bertz CT molecular complexity index is 369. The molecule has 3 rings (SSSR count). The molecule has 0 fully saturated rings. The van der Waals surface area contributed by atoms with Crippen molar-refractivity contribution in [1.82, 2.24) is 14.9 Å². The van der Waals surface area contributed by atoms with Crippen LogP contribution in [0.15, 0.2) is 12.3 Å². The van der Waals surface area contributed by atoms with Crippen molar-refractivity contribution in [3.63, 3.8) is 0 Å². The molecule has 2 aromatic rings. The Morgan fingerprint density at radius 2 is 2.78 bits per heavy atom. The van der Waals surface area contributed by atoms with Gasteiger partial charge >= 0.3 is 0 Å². The average Bonchev–Trinajstić information content (AvgIpc) is 2.38. The highest BCUT2D eigenvalue weighted by molar-refractivity contribution is 5.66. The number of hydrogen-bond acceptors (Lipinski definition) is 1. The molecule has 0 aromatic carbocycles. The summed E-state index contributed by atoms with van der Waals surface area (Å²) in [6.45, 7) is 0.952. The standard InChI is InChI=1S/C5H4N4/c1-2-6-5-4(1)7-9-3-8(5)9/h1-2H,3H2/p+1. The predicted octanol–water partition coefficient (Wildman–Crippen LogP) is -0.529. The van der Waals surface area contributed by atoms with E-state index in [2.05, 4.69) is 14.8 Å².